The van der Waals surface area contributed by atoms with Crippen LogP contribution in [-0.2, 0) is 0 Å². The molecule has 0 atom stereocenters. The van der Waals surface area contributed by atoms with E-state index in [4.69, 9.17) is 16.7 Å². The summed E-state index contributed by atoms with van der Waals surface area (Å²) in [5, 5.41) is 9.02. The van der Waals surface area contributed by atoms with Crippen LogP contribution in [0.1, 0.15) is 16.2 Å². The lowest BCUT2D eigenvalue weighted by molar-refractivity contribution is 0.0690. The van der Waals surface area contributed by atoms with Crippen molar-refractivity contribution in [2.45, 2.75) is 6.92 Å². The molecule has 17 heavy (non-hydrogen) atoms. The quantitative estimate of drug-likeness (QED) is 0.883. The van der Waals surface area contributed by atoms with Gasteiger partial charge in [0.2, 0.25) is 0 Å². The second-order valence-corrected chi connectivity index (χ2v) is 3.69. The van der Waals surface area contributed by atoms with Crippen molar-refractivity contribution in [3.63, 3.8) is 0 Å². The zero-order valence-electron chi connectivity index (χ0n) is 8.88. The number of pyridine rings is 1. The normalized spacial score (nSPS) is 10.2. The maximum absolute atomic E-state index is 11.0. The summed E-state index contributed by atoms with van der Waals surface area (Å²) in [7, 11) is 0. The zero-order valence-corrected chi connectivity index (χ0v) is 9.64. The van der Waals surface area contributed by atoms with Crippen molar-refractivity contribution in [2.75, 3.05) is 0 Å². The smallest absolute Gasteiger partial charge is 0.356 e. The highest BCUT2D eigenvalue weighted by molar-refractivity contribution is 6.33. The van der Waals surface area contributed by atoms with Crippen LogP contribution >= 0.6 is 11.6 Å². The molecule has 0 amide bonds. The van der Waals surface area contributed by atoms with Crippen molar-refractivity contribution in [3.8, 4) is 11.5 Å². The highest BCUT2D eigenvalue weighted by Crippen LogP contribution is 2.21. The molecule has 0 bridgehead atoms. The third-order valence-corrected chi connectivity index (χ3v) is 2.57. The predicted octanol–water partition coefficient (Wildman–Crippen LogP) is 2.20. The largest absolute Gasteiger partial charge is 0.476 e. The number of aromatic nitrogens is 3. The molecule has 2 aromatic heterocycles. The van der Waals surface area contributed by atoms with Gasteiger partial charge in [0.1, 0.15) is 5.69 Å². The number of hydrogen-bond donors (Lipinski definition) is 1. The summed E-state index contributed by atoms with van der Waals surface area (Å²) in [5.41, 5.74) is 0.717. The van der Waals surface area contributed by atoms with E-state index in [0.717, 1.165) is 0 Å². The van der Waals surface area contributed by atoms with Crippen molar-refractivity contribution < 1.29 is 9.90 Å². The summed E-state index contributed by atoms with van der Waals surface area (Å²) in [5.74, 6) is -0.928. The first-order chi connectivity index (χ1) is 8.09. The van der Waals surface area contributed by atoms with Gasteiger partial charge in [-0.2, -0.15) is 0 Å². The van der Waals surface area contributed by atoms with E-state index in [2.05, 4.69) is 15.0 Å². The second-order valence-electron chi connectivity index (χ2n) is 3.32. The predicted molar refractivity (Wildman–Crippen MR) is 62.0 cm³/mol. The first-order valence-corrected chi connectivity index (χ1v) is 5.16. The Labute approximate surface area is 102 Å². The second kappa shape index (κ2) is 4.47. The fraction of sp³-hybridized carbons (Fsp3) is 0.0909. The number of halogens is 1. The third kappa shape index (κ3) is 2.24. The average molecular weight is 250 g/mol. The van der Waals surface area contributed by atoms with Gasteiger partial charge >= 0.3 is 5.97 Å². The molecule has 0 unspecified atom stereocenters. The molecule has 5 nitrogen and oxygen atoms in total. The number of nitrogens with zero attached hydrogens (tertiary/aromatic N) is 3. The Hall–Kier alpha value is -2.01. The van der Waals surface area contributed by atoms with Crippen LogP contribution in [0, 0.1) is 6.92 Å². The fourth-order valence-corrected chi connectivity index (χ4v) is 1.48. The number of aryl methyl sites for hydroxylation is 1. The maximum atomic E-state index is 11.0. The Balaban J connectivity index is 2.61. The van der Waals surface area contributed by atoms with Crippen molar-refractivity contribution in [2.24, 2.45) is 0 Å². The summed E-state index contributed by atoms with van der Waals surface area (Å²) in [6.45, 7) is 1.63. The van der Waals surface area contributed by atoms with Crippen LogP contribution in [0.25, 0.3) is 11.5 Å². The fourth-order valence-electron chi connectivity index (χ4n) is 1.31. The highest BCUT2D eigenvalue weighted by Gasteiger charge is 2.16. The number of carboxylic acid groups (broad SMARTS) is 1. The van der Waals surface area contributed by atoms with Crippen LogP contribution < -0.4 is 0 Å². The molecule has 0 aliphatic heterocycles. The van der Waals surface area contributed by atoms with Crippen LogP contribution in [0.2, 0.25) is 5.02 Å². The van der Waals surface area contributed by atoms with E-state index in [0.29, 0.717) is 11.4 Å². The molecular weight excluding hydrogens is 242 g/mol. The first-order valence-electron chi connectivity index (χ1n) is 4.78. The molecule has 0 saturated carbocycles. The summed E-state index contributed by atoms with van der Waals surface area (Å²) in [6.07, 6.45) is 1.59. The minimum atomic E-state index is -1.18. The van der Waals surface area contributed by atoms with Crippen LogP contribution in [0.15, 0.2) is 24.4 Å². The minimum Gasteiger partial charge on any atom is -0.476 e. The number of rotatable bonds is 2. The minimum absolute atomic E-state index is 0.0529. The number of carboxylic acids is 1. The molecule has 0 aliphatic rings. The van der Waals surface area contributed by atoms with Crippen LogP contribution in [0.4, 0.5) is 0 Å². The van der Waals surface area contributed by atoms with Gasteiger partial charge in [-0.15, -0.1) is 0 Å². The molecule has 2 heterocycles. The molecule has 0 fully saturated rings. The lowest BCUT2D eigenvalue weighted by atomic mass is 10.3. The van der Waals surface area contributed by atoms with Crippen LogP contribution in [0.5, 0.6) is 0 Å². The molecule has 0 spiro atoms. The van der Waals surface area contributed by atoms with Crippen LogP contribution in [0.3, 0.4) is 0 Å². The van der Waals surface area contributed by atoms with E-state index in [-0.39, 0.29) is 16.5 Å². The molecule has 6 heteroatoms. The van der Waals surface area contributed by atoms with Crippen molar-refractivity contribution >= 4 is 17.6 Å². The molecule has 2 aromatic rings. The molecule has 2 rings (SSSR count). The topological polar surface area (TPSA) is 76.0 Å². The summed E-state index contributed by atoms with van der Waals surface area (Å²) < 4.78 is 0. The van der Waals surface area contributed by atoms with E-state index in [1.807, 2.05) is 0 Å². The van der Waals surface area contributed by atoms with Crippen molar-refractivity contribution in [1.82, 2.24) is 15.0 Å². The van der Waals surface area contributed by atoms with Crippen molar-refractivity contribution in [3.05, 3.63) is 40.8 Å². The van der Waals surface area contributed by atoms with Gasteiger partial charge < -0.3 is 5.11 Å². The molecule has 0 radical (unpaired) electrons. The van der Waals surface area contributed by atoms with Gasteiger partial charge in [0.15, 0.2) is 11.5 Å². The zero-order chi connectivity index (χ0) is 12.4. The summed E-state index contributed by atoms with van der Waals surface area (Å²) in [4.78, 5) is 23.0. The van der Waals surface area contributed by atoms with E-state index >= 15 is 0 Å². The molecule has 0 aliphatic carbocycles. The van der Waals surface area contributed by atoms with Gasteiger partial charge in [-0.1, -0.05) is 17.7 Å². The first kappa shape index (κ1) is 11.5. The van der Waals surface area contributed by atoms with Gasteiger partial charge in [0.25, 0.3) is 0 Å². The van der Waals surface area contributed by atoms with E-state index < -0.39 is 5.97 Å². The van der Waals surface area contributed by atoms with E-state index in [1.54, 1.807) is 31.3 Å². The highest BCUT2D eigenvalue weighted by atomic mass is 35.5. The van der Waals surface area contributed by atoms with E-state index in [1.165, 1.54) is 0 Å². The lowest BCUT2D eigenvalue weighted by Crippen LogP contribution is -2.06. The van der Waals surface area contributed by atoms with Gasteiger partial charge in [0.05, 0.1) is 10.7 Å². The van der Waals surface area contributed by atoms with Crippen molar-refractivity contribution in [1.29, 1.82) is 0 Å². The van der Waals surface area contributed by atoms with Gasteiger partial charge in [-0.3, -0.25) is 4.98 Å². The summed E-state index contributed by atoms with van der Waals surface area (Å²) in [6, 6.07) is 5.23. The SMILES string of the molecule is Cc1nc(-c2ccccn2)nc(C(=O)O)c1Cl. The lowest BCUT2D eigenvalue weighted by Gasteiger charge is -2.05. The standard InChI is InChI=1S/C11H8ClN3O2/c1-6-8(12)9(11(16)17)15-10(14-6)7-4-2-3-5-13-7/h2-5H,1H3,(H,16,17). The third-order valence-electron chi connectivity index (χ3n) is 2.11. The Kier molecular flexibility index (Phi) is 3.01. The summed E-state index contributed by atoms with van der Waals surface area (Å²) >= 11 is 5.82. The number of carbonyl (C=O) groups is 1. The maximum Gasteiger partial charge on any atom is 0.356 e. The van der Waals surface area contributed by atoms with Gasteiger partial charge in [0, 0.05) is 6.20 Å². The Morgan fingerprint density at radius 2 is 2.12 bits per heavy atom. The van der Waals surface area contributed by atoms with Gasteiger partial charge in [-0.05, 0) is 19.1 Å². The number of aromatic carboxylic acids is 1. The van der Waals surface area contributed by atoms with Gasteiger partial charge in [-0.25, -0.2) is 14.8 Å². The van der Waals surface area contributed by atoms with E-state index in [9.17, 15) is 4.79 Å². The molecule has 0 saturated heterocycles. The number of hydrogen-bond acceptors (Lipinski definition) is 4. The molecular formula is C11H8ClN3O2. The molecule has 1 N–H and O–H groups in total. The average Bonchev–Trinajstić information content (AvgIpc) is 2.33. The molecule has 86 valence electrons. The monoisotopic (exact) mass is 249 g/mol. The Morgan fingerprint density at radius 3 is 2.71 bits per heavy atom. The Bertz CT molecular complexity index is 572. The molecule has 0 aromatic carbocycles. The Morgan fingerprint density at radius 1 is 1.35 bits per heavy atom. The van der Waals surface area contributed by atoms with Crippen LogP contribution in [-0.4, -0.2) is 26.0 Å².